The summed E-state index contributed by atoms with van der Waals surface area (Å²) in [4.78, 5) is 4.58. The summed E-state index contributed by atoms with van der Waals surface area (Å²) in [5.74, 6) is 0.260. The van der Waals surface area contributed by atoms with Gasteiger partial charge in [0.2, 0.25) is 0 Å². The summed E-state index contributed by atoms with van der Waals surface area (Å²) in [5.41, 5.74) is 3.88. The molecule has 2 aromatic heterocycles. The van der Waals surface area contributed by atoms with E-state index in [0.717, 1.165) is 22.5 Å². The number of nitrogens with zero attached hydrogens (tertiary/aromatic N) is 2. The zero-order chi connectivity index (χ0) is 13.8. The summed E-state index contributed by atoms with van der Waals surface area (Å²) < 4.78 is 1.99. The molecule has 0 amide bonds. The molecule has 1 aromatic carbocycles. The number of imidazole rings is 1. The smallest absolute Gasteiger partial charge is 0.140 e. The van der Waals surface area contributed by atoms with Crippen LogP contribution in [0, 0.1) is 6.92 Å². The molecule has 0 fully saturated rings. The molecule has 0 radical (unpaired) electrons. The van der Waals surface area contributed by atoms with Gasteiger partial charge in [-0.05, 0) is 30.7 Å². The SMILES string of the molecule is CC.Cc1cccn2cc(-c3cccc(O)c3)nc12. The Labute approximate surface area is 113 Å². The lowest BCUT2D eigenvalue weighted by molar-refractivity contribution is 0.475. The minimum Gasteiger partial charge on any atom is -0.508 e. The maximum Gasteiger partial charge on any atom is 0.140 e. The van der Waals surface area contributed by atoms with E-state index in [1.165, 1.54) is 0 Å². The van der Waals surface area contributed by atoms with Crippen LogP contribution in [0.3, 0.4) is 0 Å². The van der Waals surface area contributed by atoms with Crippen molar-refractivity contribution in [2.24, 2.45) is 0 Å². The van der Waals surface area contributed by atoms with Gasteiger partial charge in [0.25, 0.3) is 0 Å². The van der Waals surface area contributed by atoms with Crippen LogP contribution in [0.4, 0.5) is 0 Å². The first-order chi connectivity index (χ1) is 9.24. The van der Waals surface area contributed by atoms with E-state index in [9.17, 15) is 5.11 Å². The van der Waals surface area contributed by atoms with Gasteiger partial charge in [0.1, 0.15) is 11.4 Å². The quantitative estimate of drug-likeness (QED) is 0.711. The third kappa shape index (κ3) is 2.60. The lowest BCUT2D eigenvalue weighted by Crippen LogP contribution is -1.83. The van der Waals surface area contributed by atoms with Gasteiger partial charge in [0, 0.05) is 18.0 Å². The largest absolute Gasteiger partial charge is 0.508 e. The molecule has 98 valence electrons. The van der Waals surface area contributed by atoms with Crippen LogP contribution in [0.15, 0.2) is 48.8 Å². The van der Waals surface area contributed by atoms with Crippen molar-refractivity contribution < 1.29 is 5.11 Å². The topological polar surface area (TPSA) is 37.5 Å². The van der Waals surface area contributed by atoms with Gasteiger partial charge >= 0.3 is 0 Å². The Kier molecular flexibility index (Phi) is 3.85. The van der Waals surface area contributed by atoms with Gasteiger partial charge in [-0.15, -0.1) is 0 Å². The van der Waals surface area contributed by atoms with Crippen LogP contribution in [0.5, 0.6) is 5.75 Å². The fraction of sp³-hybridized carbons (Fsp3) is 0.188. The van der Waals surface area contributed by atoms with Gasteiger partial charge in [-0.25, -0.2) is 4.98 Å². The monoisotopic (exact) mass is 254 g/mol. The molecule has 1 N–H and O–H groups in total. The summed E-state index contributed by atoms with van der Waals surface area (Å²) >= 11 is 0. The first-order valence-electron chi connectivity index (χ1n) is 6.48. The highest BCUT2D eigenvalue weighted by Crippen LogP contribution is 2.23. The Bertz CT molecular complexity index is 686. The molecule has 0 aliphatic rings. The second kappa shape index (κ2) is 5.57. The van der Waals surface area contributed by atoms with E-state index in [4.69, 9.17) is 0 Å². The number of benzene rings is 1. The average Bonchev–Trinajstić information content (AvgIpc) is 2.87. The highest BCUT2D eigenvalue weighted by Gasteiger charge is 2.06. The van der Waals surface area contributed by atoms with Gasteiger partial charge in [-0.1, -0.05) is 32.0 Å². The molecule has 3 heteroatoms. The molecular formula is C16H18N2O. The molecule has 0 saturated heterocycles. The molecule has 2 heterocycles. The number of pyridine rings is 1. The molecule has 3 aromatic rings. The molecule has 0 spiro atoms. The van der Waals surface area contributed by atoms with E-state index in [1.807, 2.05) is 61.8 Å². The maximum absolute atomic E-state index is 9.47. The first kappa shape index (κ1) is 13.1. The van der Waals surface area contributed by atoms with Crippen molar-refractivity contribution in [3.8, 4) is 17.0 Å². The fourth-order valence-electron chi connectivity index (χ4n) is 1.96. The molecular weight excluding hydrogens is 236 g/mol. The van der Waals surface area contributed by atoms with Gasteiger partial charge in [-0.3, -0.25) is 0 Å². The average molecular weight is 254 g/mol. The number of rotatable bonds is 1. The molecule has 0 saturated carbocycles. The van der Waals surface area contributed by atoms with Crippen molar-refractivity contribution in [1.82, 2.24) is 9.38 Å². The van der Waals surface area contributed by atoms with Crippen LogP contribution < -0.4 is 0 Å². The molecule has 0 aliphatic heterocycles. The minimum atomic E-state index is 0.260. The molecule has 0 atom stereocenters. The number of phenolic OH excluding ortho intramolecular Hbond substituents is 1. The van der Waals surface area contributed by atoms with Crippen molar-refractivity contribution in [3.63, 3.8) is 0 Å². The summed E-state index contributed by atoms with van der Waals surface area (Å²) in [7, 11) is 0. The highest BCUT2D eigenvalue weighted by atomic mass is 16.3. The van der Waals surface area contributed by atoms with E-state index >= 15 is 0 Å². The van der Waals surface area contributed by atoms with Crippen LogP contribution in [0.2, 0.25) is 0 Å². The summed E-state index contributed by atoms with van der Waals surface area (Å²) in [6, 6.07) is 11.2. The van der Waals surface area contributed by atoms with Crippen molar-refractivity contribution in [1.29, 1.82) is 0 Å². The van der Waals surface area contributed by atoms with Crippen molar-refractivity contribution >= 4 is 5.65 Å². The zero-order valence-electron chi connectivity index (χ0n) is 11.5. The van der Waals surface area contributed by atoms with Crippen LogP contribution in [0.25, 0.3) is 16.9 Å². The van der Waals surface area contributed by atoms with Gasteiger partial charge in [0.05, 0.1) is 5.69 Å². The van der Waals surface area contributed by atoms with Crippen LogP contribution in [-0.4, -0.2) is 14.5 Å². The van der Waals surface area contributed by atoms with E-state index in [2.05, 4.69) is 4.98 Å². The molecule has 0 aliphatic carbocycles. The minimum absolute atomic E-state index is 0.260. The van der Waals surface area contributed by atoms with Crippen LogP contribution in [0.1, 0.15) is 19.4 Å². The van der Waals surface area contributed by atoms with E-state index in [-0.39, 0.29) is 5.75 Å². The van der Waals surface area contributed by atoms with Gasteiger partial charge < -0.3 is 9.51 Å². The number of aryl methyl sites for hydroxylation is 1. The molecule has 19 heavy (non-hydrogen) atoms. The first-order valence-corrected chi connectivity index (χ1v) is 6.48. The van der Waals surface area contributed by atoms with Crippen molar-refractivity contribution in [2.45, 2.75) is 20.8 Å². The van der Waals surface area contributed by atoms with E-state index < -0.39 is 0 Å². The number of aromatic hydroxyl groups is 1. The molecule has 3 nitrogen and oxygen atoms in total. The summed E-state index contributed by atoms with van der Waals surface area (Å²) in [5, 5.41) is 9.47. The van der Waals surface area contributed by atoms with Gasteiger partial charge in [0.15, 0.2) is 0 Å². The Morgan fingerprint density at radius 3 is 2.58 bits per heavy atom. The molecule has 0 bridgehead atoms. The lowest BCUT2D eigenvalue weighted by Gasteiger charge is -1.96. The third-order valence-electron chi connectivity index (χ3n) is 2.82. The number of hydrogen-bond acceptors (Lipinski definition) is 2. The van der Waals surface area contributed by atoms with Crippen LogP contribution >= 0.6 is 0 Å². The van der Waals surface area contributed by atoms with Crippen LogP contribution in [-0.2, 0) is 0 Å². The fourth-order valence-corrected chi connectivity index (χ4v) is 1.96. The number of aromatic nitrogens is 2. The second-order valence-corrected chi connectivity index (χ2v) is 4.10. The predicted octanol–water partition coefficient (Wildman–Crippen LogP) is 4.04. The van der Waals surface area contributed by atoms with Crippen molar-refractivity contribution in [3.05, 3.63) is 54.4 Å². The molecule has 3 rings (SSSR count). The lowest BCUT2D eigenvalue weighted by atomic mass is 10.1. The Balaban J connectivity index is 0.000000637. The Morgan fingerprint density at radius 2 is 1.89 bits per heavy atom. The standard InChI is InChI=1S/C14H12N2O.C2H6/c1-10-4-3-7-16-9-13(15-14(10)16)11-5-2-6-12(17)8-11;1-2/h2-9,17H,1H3;1-2H3. The predicted molar refractivity (Wildman–Crippen MR) is 78.4 cm³/mol. The van der Waals surface area contributed by atoms with E-state index in [0.29, 0.717) is 0 Å². The number of phenols is 1. The maximum atomic E-state index is 9.47. The highest BCUT2D eigenvalue weighted by molar-refractivity contribution is 5.65. The Hall–Kier alpha value is -2.29. The molecule has 0 unspecified atom stereocenters. The second-order valence-electron chi connectivity index (χ2n) is 4.10. The zero-order valence-corrected chi connectivity index (χ0v) is 11.5. The van der Waals surface area contributed by atoms with Crippen molar-refractivity contribution in [2.75, 3.05) is 0 Å². The van der Waals surface area contributed by atoms with E-state index in [1.54, 1.807) is 12.1 Å². The normalized spacial score (nSPS) is 10.1. The number of fused-ring (bicyclic) bond motifs is 1. The Morgan fingerprint density at radius 1 is 1.11 bits per heavy atom. The number of hydrogen-bond donors (Lipinski definition) is 1. The third-order valence-corrected chi connectivity index (χ3v) is 2.82. The van der Waals surface area contributed by atoms with Gasteiger partial charge in [-0.2, -0.15) is 0 Å². The summed E-state index contributed by atoms with van der Waals surface area (Å²) in [6.07, 6.45) is 3.94. The summed E-state index contributed by atoms with van der Waals surface area (Å²) in [6.45, 7) is 6.04.